The van der Waals surface area contributed by atoms with E-state index in [0.29, 0.717) is 11.3 Å². The van der Waals surface area contributed by atoms with Crippen LogP contribution in [0.3, 0.4) is 0 Å². The minimum absolute atomic E-state index is 0.0454. The molecule has 0 amide bonds. The summed E-state index contributed by atoms with van der Waals surface area (Å²) in [5.41, 5.74) is 2.75. The van der Waals surface area contributed by atoms with Gasteiger partial charge in [-0.2, -0.15) is 0 Å². The lowest BCUT2D eigenvalue weighted by atomic mass is 10.2. The molecule has 0 saturated carbocycles. The molecule has 0 aliphatic rings. The number of thiazole rings is 1. The van der Waals surface area contributed by atoms with Crippen LogP contribution in [0.15, 0.2) is 34.0 Å². The third-order valence-electron chi connectivity index (χ3n) is 2.39. The molecule has 2 rings (SSSR count). The van der Waals surface area contributed by atoms with Crippen LogP contribution in [0.2, 0.25) is 5.02 Å². The normalized spacial score (nSPS) is 11.7. The number of nitrogens with one attached hydrogen (secondary N) is 1. The van der Waals surface area contributed by atoms with E-state index in [-0.39, 0.29) is 23.1 Å². The molecule has 8 heteroatoms. The van der Waals surface area contributed by atoms with Gasteiger partial charge < -0.3 is 5.11 Å². The van der Waals surface area contributed by atoms with E-state index in [2.05, 4.69) is 9.71 Å². The van der Waals surface area contributed by atoms with E-state index in [1.165, 1.54) is 23.5 Å². The van der Waals surface area contributed by atoms with Crippen molar-refractivity contribution in [1.29, 1.82) is 0 Å². The zero-order valence-electron chi connectivity index (χ0n) is 9.71. The highest BCUT2D eigenvalue weighted by molar-refractivity contribution is 7.89. The van der Waals surface area contributed by atoms with E-state index in [4.69, 9.17) is 16.7 Å². The van der Waals surface area contributed by atoms with Crippen LogP contribution >= 0.6 is 22.9 Å². The molecule has 1 heterocycles. The van der Waals surface area contributed by atoms with Crippen LogP contribution in [0.25, 0.3) is 0 Å². The van der Waals surface area contributed by atoms with Gasteiger partial charge in [0.15, 0.2) is 0 Å². The predicted octanol–water partition coefficient (Wildman–Crippen LogP) is 1.77. The van der Waals surface area contributed by atoms with Gasteiger partial charge in [-0.3, -0.25) is 0 Å². The summed E-state index contributed by atoms with van der Waals surface area (Å²) in [4.78, 5) is 3.94. The SMILES string of the molecule is O=S(=O)(NCc1cscn1)c1cc(CO)ccc1Cl. The maximum Gasteiger partial charge on any atom is 0.242 e. The average molecular weight is 319 g/mol. The molecule has 5 nitrogen and oxygen atoms in total. The number of aliphatic hydroxyl groups excluding tert-OH is 1. The third kappa shape index (κ3) is 3.52. The summed E-state index contributed by atoms with van der Waals surface area (Å²) < 4.78 is 26.6. The Balaban J connectivity index is 2.23. The van der Waals surface area contributed by atoms with E-state index in [9.17, 15) is 8.42 Å². The van der Waals surface area contributed by atoms with Gasteiger partial charge in [-0.1, -0.05) is 17.7 Å². The van der Waals surface area contributed by atoms with Crippen LogP contribution in [0.1, 0.15) is 11.3 Å². The summed E-state index contributed by atoms with van der Waals surface area (Å²) in [7, 11) is -3.73. The molecule has 0 fully saturated rings. The standard InChI is InChI=1S/C11H11ClN2O3S2/c12-10-2-1-8(5-15)3-11(10)19(16,17)14-4-9-6-18-7-13-9/h1-3,6-7,14-15H,4-5H2. The zero-order chi connectivity index (χ0) is 13.9. The fourth-order valence-electron chi connectivity index (χ4n) is 1.42. The number of rotatable bonds is 5. The van der Waals surface area contributed by atoms with Crippen molar-refractivity contribution >= 4 is 33.0 Å². The number of aromatic nitrogens is 1. The van der Waals surface area contributed by atoms with Gasteiger partial charge in [0.1, 0.15) is 4.90 Å². The molecular weight excluding hydrogens is 308 g/mol. The van der Waals surface area contributed by atoms with E-state index < -0.39 is 10.0 Å². The summed E-state index contributed by atoms with van der Waals surface area (Å²) in [6.07, 6.45) is 0. The lowest BCUT2D eigenvalue weighted by molar-refractivity contribution is 0.281. The van der Waals surface area contributed by atoms with Crippen LogP contribution in [-0.4, -0.2) is 18.5 Å². The Morgan fingerprint density at radius 2 is 2.21 bits per heavy atom. The molecule has 2 N–H and O–H groups in total. The second kappa shape index (κ2) is 5.98. The molecule has 1 aromatic carbocycles. The number of hydrogen-bond donors (Lipinski definition) is 2. The molecule has 2 aromatic rings. The van der Waals surface area contributed by atoms with Crippen LogP contribution < -0.4 is 4.72 Å². The van der Waals surface area contributed by atoms with Crippen LogP contribution in [0, 0.1) is 0 Å². The molecule has 0 atom stereocenters. The fraction of sp³-hybridized carbons (Fsp3) is 0.182. The van der Waals surface area contributed by atoms with Gasteiger partial charge in [-0.25, -0.2) is 18.1 Å². The van der Waals surface area contributed by atoms with Crippen molar-refractivity contribution in [2.75, 3.05) is 0 Å². The van der Waals surface area contributed by atoms with Gasteiger partial charge in [0.05, 0.1) is 29.4 Å². The molecule has 0 bridgehead atoms. The summed E-state index contributed by atoms with van der Waals surface area (Å²) in [5, 5.41) is 10.9. The molecular formula is C11H11ClN2O3S2. The fourth-order valence-corrected chi connectivity index (χ4v) is 3.53. The highest BCUT2D eigenvalue weighted by atomic mass is 35.5. The van der Waals surface area contributed by atoms with E-state index in [1.807, 2.05) is 0 Å². The van der Waals surface area contributed by atoms with Crippen molar-refractivity contribution in [3.05, 3.63) is 45.4 Å². The van der Waals surface area contributed by atoms with Crippen molar-refractivity contribution in [2.24, 2.45) is 0 Å². The zero-order valence-corrected chi connectivity index (χ0v) is 12.1. The molecule has 0 saturated heterocycles. The van der Waals surface area contributed by atoms with Crippen molar-refractivity contribution in [2.45, 2.75) is 18.0 Å². The molecule has 0 aliphatic carbocycles. The van der Waals surface area contributed by atoms with E-state index in [1.54, 1.807) is 17.0 Å². The van der Waals surface area contributed by atoms with Crippen LogP contribution in [-0.2, 0) is 23.2 Å². The lowest BCUT2D eigenvalue weighted by Gasteiger charge is -2.08. The molecule has 102 valence electrons. The van der Waals surface area contributed by atoms with Gasteiger partial charge in [-0.15, -0.1) is 11.3 Å². The molecule has 1 aromatic heterocycles. The minimum atomic E-state index is -3.73. The summed E-state index contributed by atoms with van der Waals surface area (Å²) >= 11 is 7.27. The number of aliphatic hydroxyl groups is 1. The quantitative estimate of drug-likeness (QED) is 0.880. The van der Waals surface area contributed by atoms with Gasteiger partial charge >= 0.3 is 0 Å². The van der Waals surface area contributed by atoms with E-state index >= 15 is 0 Å². The first kappa shape index (κ1) is 14.4. The smallest absolute Gasteiger partial charge is 0.242 e. The Bertz CT molecular complexity index is 657. The number of benzene rings is 1. The van der Waals surface area contributed by atoms with Crippen LogP contribution in [0.5, 0.6) is 0 Å². The second-order valence-corrected chi connectivity index (χ2v) is 6.59. The Morgan fingerprint density at radius 3 is 2.84 bits per heavy atom. The first-order valence-electron chi connectivity index (χ1n) is 5.29. The van der Waals surface area contributed by atoms with Crippen molar-refractivity contribution in [3.8, 4) is 0 Å². The monoisotopic (exact) mass is 318 g/mol. The summed E-state index contributed by atoms with van der Waals surface area (Å²) in [6.45, 7) is -0.142. The van der Waals surface area contributed by atoms with Crippen molar-refractivity contribution in [3.63, 3.8) is 0 Å². The number of hydrogen-bond acceptors (Lipinski definition) is 5. The predicted molar refractivity (Wildman–Crippen MR) is 73.5 cm³/mol. The minimum Gasteiger partial charge on any atom is -0.392 e. The Hall–Kier alpha value is -0.990. The van der Waals surface area contributed by atoms with Gasteiger partial charge in [0, 0.05) is 5.38 Å². The van der Waals surface area contributed by atoms with Gasteiger partial charge in [-0.05, 0) is 17.7 Å². The Kier molecular flexibility index (Phi) is 4.54. The summed E-state index contributed by atoms with van der Waals surface area (Å²) in [6, 6.07) is 4.37. The number of halogens is 1. The second-order valence-electron chi connectivity index (χ2n) is 3.73. The first-order valence-corrected chi connectivity index (χ1v) is 8.09. The maximum absolute atomic E-state index is 12.1. The number of sulfonamides is 1. The van der Waals surface area contributed by atoms with Gasteiger partial charge in [0.25, 0.3) is 0 Å². The molecule has 19 heavy (non-hydrogen) atoms. The Labute approximate surface area is 119 Å². The summed E-state index contributed by atoms with van der Waals surface area (Å²) in [5.74, 6) is 0. The largest absolute Gasteiger partial charge is 0.392 e. The number of nitrogens with zero attached hydrogens (tertiary/aromatic N) is 1. The van der Waals surface area contributed by atoms with E-state index in [0.717, 1.165) is 0 Å². The lowest BCUT2D eigenvalue weighted by Crippen LogP contribution is -2.23. The van der Waals surface area contributed by atoms with Crippen molar-refractivity contribution < 1.29 is 13.5 Å². The molecule has 0 unspecified atom stereocenters. The van der Waals surface area contributed by atoms with Crippen LogP contribution in [0.4, 0.5) is 0 Å². The third-order valence-corrected chi connectivity index (χ3v) is 4.91. The highest BCUT2D eigenvalue weighted by Gasteiger charge is 2.18. The van der Waals surface area contributed by atoms with Gasteiger partial charge in [0.2, 0.25) is 10.0 Å². The molecule has 0 aliphatic heterocycles. The van der Waals surface area contributed by atoms with Crippen molar-refractivity contribution in [1.82, 2.24) is 9.71 Å². The molecule has 0 spiro atoms. The first-order chi connectivity index (χ1) is 9.03. The highest BCUT2D eigenvalue weighted by Crippen LogP contribution is 2.22. The average Bonchev–Trinajstić information content (AvgIpc) is 2.90. The maximum atomic E-state index is 12.1. The topological polar surface area (TPSA) is 79.3 Å². The Morgan fingerprint density at radius 1 is 1.42 bits per heavy atom. The molecule has 0 radical (unpaired) electrons.